The van der Waals surface area contributed by atoms with Crippen LogP contribution >= 0.6 is 0 Å². The smallest absolute Gasteiger partial charge is 0.266 e. The minimum absolute atomic E-state index is 0.0133. The molecule has 0 bridgehead atoms. The Kier molecular flexibility index (Phi) is 5.58. The largest absolute Gasteiger partial charge is 0.508 e. The first-order valence-electron chi connectivity index (χ1n) is 7.47. The number of benzene rings is 2. The highest BCUT2D eigenvalue weighted by molar-refractivity contribution is 6.09. The van der Waals surface area contributed by atoms with Gasteiger partial charge < -0.3 is 15.2 Å². The third-order valence-corrected chi connectivity index (χ3v) is 3.05. The van der Waals surface area contributed by atoms with E-state index in [1.807, 2.05) is 19.9 Å². The summed E-state index contributed by atoms with van der Waals surface area (Å²) in [7, 11) is 0. The van der Waals surface area contributed by atoms with Gasteiger partial charge in [-0.1, -0.05) is 12.1 Å². The zero-order valence-electron chi connectivity index (χ0n) is 13.5. The minimum atomic E-state index is -0.509. The van der Waals surface area contributed by atoms with Crippen molar-refractivity contribution < 1.29 is 14.6 Å². The maximum Gasteiger partial charge on any atom is 0.266 e. The SMILES string of the molecule is CC(C)Oc1ccc(/C=C(/C#N)C(=O)Nc2ccc(O)cc2)cc1. The van der Waals surface area contributed by atoms with E-state index in [0.717, 1.165) is 11.3 Å². The number of carbonyl (C=O) groups excluding carboxylic acids is 1. The van der Waals surface area contributed by atoms with Crippen LogP contribution in [0.2, 0.25) is 0 Å². The molecule has 0 atom stereocenters. The molecule has 2 rings (SSSR count). The van der Waals surface area contributed by atoms with E-state index in [2.05, 4.69) is 5.32 Å². The van der Waals surface area contributed by atoms with Gasteiger partial charge in [0.15, 0.2) is 0 Å². The van der Waals surface area contributed by atoms with Crippen molar-refractivity contribution in [3.05, 3.63) is 59.7 Å². The number of aromatic hydroxyl groups is 1. The van der Waals surface area contributed by atoms with Crippen LogP contribution in [-0.2, 0) is 4.79 Å². The number of amides is 1. The van der Waals surface area contributed by atoms with Crippen molar-refractivity contribution in [2.45, 2.75) is 20.0 Å². The molecule has 5 nitrogen and oxygen atoms in total. The number of nitrogens with zero attached hydrogens (tertiary/aromatic N) is 1. The van der Waals surface area contributed by atoms with Crippen LogP contribution in [0.5, 0.6) is 11.5 Å². The monoisotopic (exact) mass is 322 g/mol. The van der Waals surface area contributed by atoms with E-state index in [1.54, 1.807) is 36.4 Å². The van der Waals surface area contributed by atoms with E-state index < -0.39 is 5.91 Å². The number of phenols is 1. The second-order valence-corrected chi connectivity index (χ2v) is 5.41. The summed E-state index contributed by atoms with van der Waals surface area (Å²) in [6.07, 6.45) is 1.59. The number of nitriles is 1. The Morgan fingerprint density at radius 3 is 2.33 bits per heavy atom. The Morgan fingerprint density at radius 2 is 1.79 bits per heavy atom. The number of ether oxygens (including phenoxy) is 1. The summed E-state index contributed by atoms with van der Waals surface area (Å²) >= 11 is 0. The number of hydrogen-bond donors (Lipinski definition) is 2. The lowest BCUT2D eigenvalue weighted by Gasteiger charge is -2.09. The Balaban J connectivity index is 2.11. The zero-order chi connectivity index (χ0) is 17.5. The number of nitrogens with one attached hydrogen (secondary N) is 1. The molecule has 2 aromatic rings. The molecule has 122 valence electrons. The molecule has 5 heteroatoms. The maximum absolute atomic E-state index is 12.2. The van der Waals surface area contributed by atoms with Crippen LogP contribution in [0.25, 0.3) is 6.08 Å². The summed E-state index contributed by atoms with van der Waals surface area (Å²) in [6, 6.07) is 15.1. The minimum Gasteiger partial charge on any atom is -0.508 e. The number of anilines is 1. The van der Waals surface area contributed by atoms with Crippen LogP contribution in [0.15, 0.2) is 54.1 Å². The molecule has 0 saturated heterocycles. The molecule has 0 aliphatic carbocycles. The summed E-state index contributed by atoms with van der Waals surface area (Å²) in [5, 5.41) is 21.1. The standard InChI is InChI=1S/C19H18N2O3/c1-13(2)24-18-9-3-14(4-10-18)11-15(12-20)19(23)21-16-5-7-17(22)8-6-16/h3-11,13,22H,1-2H3,(H,21,23)/b15-11-. The molecule has 1 amide bonds. The third-order valence-electron chi connectivity index (χ3n) is 3.05. The Bertz CT molecular complexity index is 770. The van der Waals surface area contributed by atoms with E-state index >= 15 is 0 Å². The van der Waals surface area contributed by atoms with E-state index in [4.69, 9.17) is 4.74 Å². The lowest BCUT2D eigenvalue weighted by molar-refractivity contribution is -0.112. The first-order chi connectivity index (χ1) is 11.5. The topological polar surface area (TPSA) is 82.3 Å². The number of rotatable bonds is 5. The molecule has 24 heavy (non-hydrogen) atoms. The molecule has 0 unspecified atom stereocenters. The molecule has 0 aliphatic rings. The Labute approximate surface area is 140 Å². The summed E-state index contributed by atoms with van der Waals surface area (Å²) < 4.78 is 5.55. The summed E-state index contributed by atoms with van der Waals surface area (Å²) in [4.78, 5) is 12.2. The van der Waals surface area contributed by atoms with Gasteiger partial charge in [0.05, 0.1) is 6.10 Å². The first-order valence-corrected chi connectivity index (χ1v) is 7.47. The Morgan fingerprint density at radius 1 is 1.17 bits per heavy atom. The average molecular weight is 322 g/mol. The molecule has 0 fully saturated rings. The molecule has 0 radical (unpaired) electrons. The average Bonchev–Trinajstić information content (AvgIpc) is 2.55. The van der Waals surface area contributed by atoms with Gasteiger partial charge in [0.1, 0.15) is 23.1 Å². The van der Waals surface area contributed by atoms with Crippen LogP contribution < -0.4 is 10.1 Å². The fraction of sp³-hybridized carbons (Fsp3) is 0.158. The van der Waals surface area contributed by atoms with Crippen LogP contribution in [0.4, 0.5) is 5.69 Å². The molecule has 2 aromatic carbocycles. The second kappa shape index (κ2) is 7.84. The lowest BCUT2D eigenvalue weighted by atomic mass is 10.1. The van der Waals surface area contributed by atoms with E-state index in [-0.39, 0.29) is 17.4 Å². The molecule has 0 aliphatic heterocycles. The fourth-order valence-electron chi connectivity index (χ4n) is 1.97. The van der Waals surface area contributed by atoms with E-state index in [9.17, 15) is 15.2 Å². The third kappa shape index (κ3) is 4.89. The molecule has 0 saturated carbocycles. The molecular formula is C19H18N2O3. The lowest BCUT2D eigenvalue weighted by Crippen LogP contribution is -2.13. The summed E-state index contributed by atoms with van der Waals surface area (Å²) in [5.74, 6) is 0.327. The van der Waals surface area contributed by atoms with Crippen molar-refractivity contribution in [3.8, 4) is 17.6 Å². The van der Waals surface area contributed by atoms with Crippen LogP contribution in [0.3, 0.4) is 0 Å². The quantitative estimate of drug-likeness (QED) is 0.499. The van der Waals surface area contributed by atoms with Crippen molar-refractivity contribution in [3.63, 3.8) is 0 Å². The molecule has 0 aromatic heterocycles. The van der Waals surface area contributed by atoms with Gasteiger partial charge in [-0.3, -0.25) is 4.79 Å². The fourth-order valence-corrected chi connectivity index (χ4v) is 1.97. The van der Waals surface area contributed by atoms with E-state index in [1.165, 1.54) is 18.2 Å². The van der Waals surface area contributed by atoms with Gasteiger partial charge in [-0.25, -0.2) is 0 Å². The van der Waals surface area contributed by atoms with Gasteiger partial charge in [-0.15, -0.1) is 0 Å². The molecular weight excluding hydrogens is 304 g/mol. The highest BCUT2D eigenvalue weighted by atomic mass is 16.5. The number of hydrogen-bond acceptors (Lipinski definition) is 4. The summed E-state index contributed by atoms with van der Waals surface area (Å²) in [6.45, 7) is 3.88. The van der Waals surface area contributed by atoms with Crippen molar-refractivity contribution in [1.29, 1.82) is 5.26 Å². The maximum atomic E-state index is 12.2. The molecule has 2 N–H and O–H groups in total. The van der Waals surface area contributed by atoms with Crippen molar-refractivity contribution in [2.24, 2.45) is 0 Å². The predicted octanol–water partition coefficient (Wildman–Crippen LogP) is 3.73. The molecule has 0 spiro atoms. The van der Waals surface area contributed by atoms with Gasteiger partial charge in [0.25, 0.3) is 5.91 Å². The van der Waals surface area contributed by atoms with Crippen molar-refractivity contribution in [2.75, 3.05) is 5.32 Å². The van der Waals surface area contributed by atoms with Gasteiger partial charge in [-0.2, -0.15) is 5.26 Å². The highest BCUT2D eigenvalue weighted by Gasteiger charge is 2.09. The van der Waals surface area contributed by atoms with Crippen LogP contribution in [-0.4, -0.2) is 17.1 Å². The number of phenolic OH excluding ortho intramolecular Hbond substituents is 1. The second-order valence-electron chi connectivity index (χ2n) is 5.41. The van der Waals surface area contributed by atoms with Gasteiger partial charge in [-0.05, 0) is 61.9 Å². The van der Waals surface area contributed by atoms with E-state index in [0.29, 0.717) is 5.69 Å². The van der Waals surface area contributed by atoms with Gasteiger partial charge >= 0.3 is 0 Å². The normalized spacial score (nSPS) is 11.0. The highest BCUT2D eigenvalue weighted by Crippen LogP contribution is 2.17. The summed E-state index contributed by atoms with van der Waals surface area (Å²) in [5.41, 5.74) is 1.21. The van der Waals surface area contributed by atoms with Crippen LogP contribution in [0, 0.1) is 11.3 Å². The van der Waals surface area contributed by atoms with Gasteiger partial charge in [0.2, 0.25) is 0 Å². The Hall–Kier alpha value is -3.26. The first kappa shape index (κ1) is 17.1. The number of carbonyl (C=O) groups is 1. The molecule has 0 heterocycles. The van der Waals surface area contributed by atoms with Gasteiger partial charge in [0, 0.05) is 5.69 Å². The predicted molar refractivity (Wildman–Crippen MR) is 92.5 cm³/mol. The van der Waals surface area contributed by atoms with Crippen molar-refractivity contribution >= 4 is 17.7 Å². The zero-order valence-corrected chi connectivity index (χ0v) is 13.5. The van der Waals surface area contributed by atoms with Crippen molar-refractivity contribution in [1.82, 2.24) is 0 Å². The van der Waals surface area contributed by atoms with Crippen LogP contribution in [0.1, 0.15) is 19.4 Å².